The molecule has 2 heterocycles. The fourth-order valence-electron chi connectivity index (χ4n) is 2.16. The van der Waals surface area contributed by atoms with Crippen LogP contribution in [0.4, 0.5) is 0 Å². The topological polar surface area (TPSA) is 79.5 Å². The van der Waals surface area contributed by atoms with Crippen molar-refractivity contribution in [3.63, 3.8) is 0 Å². The highest BCUT2D eigenvalue weighted by Crippen LogP contribution is 2.19. The number of hydrogen-bond donors (Lipinski definition) is 3. The van der Waals surface area contributed by atoms with E-state index in [0.29, 0.717) is 19.7 Å². The molecule has 0 saturated heterocycles. The molecule has 0 aliphatic carbocycles. The summed E-state index contributed by atoms with van der Waals surface area (Å²) in [5, 5.41) is 22.9. The van der Waals surface area contributed by atoms with Gasteiger partial charge >= 0.3 is 0 Å². The van der Waals surface area contributed by atoms with Gasteiger partial charge in [0.15, 0.2) is 0 Å². The Hall–Kier alpha value is -1.47. The summed E-state index contributed by atoms with van der Waals surface area (Å²) in [4.78, 5) is 4.35. The summed E-state index contributed by atoms with van der Waals surface area (Å²) in [5.41, 5.74) is 1.94. The van der Waals surface area contributed by atoms with Crippen LogP contribution in [0.5, 0.6) is 0 Å². The van der Waals surface area contributed by atoms with Gasteiger partial charge in [-0.2, -0.15) is 0 Å². The Labute approximate surface area is 118 Å². The molecule has 0 bridgehead atoms. The zero-order valence-electron chi connectivity index (χ0n) is 11.6. The Morgan fingerprint density at radius 2 is 2.35 bits per heavy atom. The van der Waals surface area contributed by atoms with Gasteiger partial charge in [0.2, 0.25) is 0 Å². The highest BCUT2D eigenvalue weighted by Gasteiger charge is 2.11. The van der Waals surface area contributed by atoms with Crippen LogP contribution in [-0.4, -0.2) is 52.7 Å². The van der Waals surface area contributed by atoms with Crippen molar-refractivity contribution in [3.8, 4) is 0 Å². The van der Waals surface area contributed by atoms with Gasteiger partial charge < -0.3 is 24.8 Å². The molecular weight excluding hydrogens is 258 g/mol. The highest BCUT2D eigenvalue weighted by atomic mass is 16.5. The standard InChI is InChI=1S/C14H21N3O3/c1-20-6-5-15-7-11-8-17(9-12(19)10-18)14-13(11)3-2-4-16-14/h2-4,8,12,15,18-19H,5-7,9-10H2,1H3. The van der Waals surface area contributed by atoms with E-state index in [0.717, 1.165) is 23.1 Å². The lowest BCUT2D eigenvalue weighted by molar-refractivity contribution is 0.0821. The molecule has 0 spiro atoms. The zero-order chi connectivity index (χ0) is 14.4. The van der Waals surface area contributed by atoms with Crippen molar-refractivity contribution < 1.29 is 14.9 Å². The Bertz CT molecular complexity index is 541. The molecule has 6 heteroatoms. The number of nitrogens with zero attached hydrogens (tertiary/aromatic N) is 2. The SMILES string of the molecule is COCCNCc1cn(CC(O)CO)c2ncccc12. The number of aliphatic hydroxyl groups is 2. The number of pyridine rings is 1. The number of nitrogens with one attached hydrogen (secondary N) is 1. The van der Waals surface area contributed by atoms with Crippen molar-refractivity contribution in [1.82, 2.24) is 14.9 Å². The van der Waals surface area contributed by atoms with Gasteiger partial charge in [-0.1, -0.05) is 0 Å². The van der Waals surface area contributed by atoms with Crippen molar-refractivity contribution in [2.75, 3.05) is 26.9 Å². The van der Waals surface area contributed by atoms with E-state index < -0.39 is 6.10 Å². The maximum absolute atomic E-state index is 9.60. The van der Waals surface area contributed by atoms with Gasteiger partial charge in [0.05, 0.1) is 25.9 Å². The molecule has 110 valence electrons. The van der Waals surface area contributed by atoms with Crippen LogP contribution in [0.2, 0.25) is 0 Å². The molecular formula is C14H21N3O3. The number of aromatic nitrogens is 2. The molecule has 0 fully saturated rings. The van der Waals surface area contributed by atoms with Crippen molar-refractivity contribution in [1.29, 1.82) is 0 Å². The Morgan fingerprint density at radius 1 is 1.50 bits per heavy atom. The van der Waals surface area contributed by atoms with E-state index in [-0.39, 0.29) is 6.61 Å². The third-order valence-corrected chi connectivity index (χ3v) is 3.13. The number of hydrogen-bond acceptors (Lipinski definition) is 5. The lowest BCUT2D eigenvalue weighted by atomic mass is 10.2. The van der Waals surface area contributed by atoms with E-state index in [9.17, 15) is 5.11 Å². The van der Waals surface area contributed by atoms with Crippen LogP contribution in [0.15, 0.2) is 24.5 Å². The third-order valence-electron chi connectivity index (χ3n) is 3.13. The highest BCUT2D eigenvalue weighted by molar-refractivity contribution is 5.80. The molecule has 3 N–H and O–H groups in total. The molecule has 0 aliphatic rings. The Balaban J connectivity index is 2.17. The third kappa shape index (κ3) is 3.55. The summed E-state index contributed by atoms with van der Waals surface area (Å²) in [6, 6.07) is 3.91. The molecule has 2 rings (SSSR count). The number of methoxy groups -OCH3 is 1. The van der Waals surface area contributed by atoms with Gasteiger partial charge in [-0.25, -0.2) is 4.98 Å². The minimum atomic E-state index is -0.776. The predicted molar refractivity (Wildman–Crippen MR) is 76.4 cm³/mol. The second kappa shape index (κ2) is 7.35. The quantitative estimate of drug-likeness (QED) is 0.598. The monoisotopic (exact) mass is 279 g/mol. The molecule has 0 amide bonds. The molecule has 6 nitrogen and oxygen atoms in total. The van der Waals surface area contributed by atoms with Crippen molar-refractivity contribution in [2.24, 2.45) is 0 Å². The fraction of sp³-hybridized carbons (Fsp3) is 0.500. The molecule has 0 saturated carbocycles. The number of rotatable bonds is 8. The first kappa shape index (κ1) is 14.9. The van der Waals surface area contributed by atoms with E-state index >= 15 is 0 Å². The van der Waals surface area contributed by atoms with Gasteiger partial charge in [-0.3, -0.25) is 0 Å². The average Bonchev–Trinajstić information content (AvgIpc) is 2.82. The fourth-order valence-corrected chi connectivity index (χ4v) is 2.16. The second-order valence-electron chi connectivity index (χ2n) is 4.69. The van der Waals surface area contributed by atoms with Gasteiger partial charge in [0.25, 0.3) is 0 Å². The minimum absolute atomic E-state index is 0.256. The van der Waals surface area contributed by atoms with Crippen LogP contribution in [0.1, 0.15) is 5.56 Å². The number of aliphatic hydroxyl groups excluding tert-OH is 2. The first-order valence-electron chi connectivity index (χ1n) is 6.67. The lowest BCUT2D eigenvalue weighted by Crippen LogP contribution is -2.20. The molecule has 1 atom stereocenters. The Morgan fingerprint density at radius 3 is 3.10 bits per heavy atom. The van der Waals surface area contributed by atoms with Crippen LogP contribution in [0.25, 0.3) is 11.0 Å². The van der Waals surface area contributed by atoms with Crippen LogP contribution in [-0.2, 0) is 17.8 Å². The summed E-state index contributed by atoms with van der Waals surface area (Å²) in [5.74, 6) is 0. The molecule has 0 aliphatic heterocycles. The first-order chi connectivity index (χ1) is 9.76. The van der Waals surface area contributed by atoms with E-state index in [4.69, 9.17) is 9.84 Å². The van der Waals surface area contributed by atoms with Crippen LogP contribution in [0, 0.1) is 0 Å². The number of ether oxygens (including phenoxy) is 1. The second-order valence-corrected chi connectivity index (χ2v) is 4.69. The summed E-state index contributed by atoms with van der Waals surface area (Å²) in [7, 11) is 1.67. The zero-order valence-corrected chi connectivity index (χ0v) is 11.6. The number of fused-ring (bicyclic) bond motifs is 1. The minimum Gasteiger partial charge on any atom is -0.394 e. The molecule has 2 aromatic heterocycles. The average molecular weight is 279 g/mol. The van der Waals surface area contributed by atoms with Gasteiger partial charge in [-0.15, -0.1) is 0 Å². The lowest BCUT2D eigenvalue weighted by Gasteiger charge is -2.08. The van der Waals surface area contributed by atoms with Gasteiger partial charge in [0.1, 0.15) is 5.65 Å². The summed E-state index contributed by atoms with van der Waals surface area (Å²) in [6.07, 6.45) is 2.92. The first-order valence-corrected chi connectivity index (χ1v) is 6.67. The van der Waals surface area contributed by atoms with Crippen molar-refractivity contribution >= 4 is 11.0 Å². The predicted octanol–water partition coefficient (Wildman–Crippen LogP) is 0.126. The van der Waals surface area contributed by atoms with E-state index in [1.165, 1.54) is 0 Å². The van der Waals surface area contributed by atoms with E-state index in [1.807, 2.05) is 22.9 Å². The summed E-state index contributed by atoms with van der Waals surface area (Å²) in [6.45, 7) is 2.24. The normalized spacial score (nSPS) is 12.9. The summed E-state index contributed by atoms with van der Waals surface area (Å²) >= 11 is 0. The molecule has 20 heavy (non-hydrogen) atoms. The smallest absolute Gasteiger partial charge is 0.140 e. The van der Waals surface area contributed by atoms with Crippen LogP contribution < -0.4 is 5.32 Å². The maximum Gasteiger partial charge on any atom is 0.140 e. The largest absolute Gasteiger partial charge is 0.394 e. The van der Waals surface area contributed by atoms with Crippen molar-refractivity contribution in [2.45, 2.75) is 19.2 Å². The van der Waals surface area contributed by atoms with E-state index in [1.54, 1.807) is 13.3 Å². The van der Waals surface area contributed by atoms with Crippen molar-refractivity contribution in [3.05, 3.63) is 30.1 Å². The molecule has 2 aromatic rings. The molecule has 1 unspecified atom stereocenters. The maximum atomic E-state index is 9.60. The summed E-state index contributed by atoms with van der Waals surface area (Å²) < 4.78 is 6.88. The van der Waals surface area contributed by atoms with E-state index in [2.05, 4.69) is 10.3 Å². The Kier molecular flexibility index (Phi) is 5.49. The molecule has 0 radical (unpaired) electrons. The molecule has 0 aromatic carbocycles. The van der Waals surface area contributed by atoms with Gasteiger partial charge in [-0.05, 0) is 17.7 Å². The van der Waals surface area contributed by atoms with Crippen LogP contribution in [0.3, 0.4) is 0 Å². The van der Waals surface area contributed by atoms with Crippen LogP contribution >= 0.6 is 0 Å². The van der Waals surface area contributed by atoms with Gasteiger partial charge in [0, 0.05) is 38.0 Å².